The van der Waals surface area contributed by atoms with Gasteiger partial charge >= 0.3 is 12.0 Å². The summed E-state index contributed by atoms with van der Waals surface area (Å²) < 4.78 is 12.8. The molecule has 7 heteroatoms. The van der Waals surface area contributed by atoms with E-state index < -0.39 is 0 Å². The van der Waals surface area contributed by atoms with Gasteiger partial charge in [-0.25, -0.2) is 0 Å². The lowest BCUT2D eigenvalue weighted by molar-refractivity contribution is 0.389. The van der Waals surface area contributed by atoms with Gasteiger partial charge in [0.15, 0.2) is 0 Å². The van der Waals surface area contributed by atoms with Gasteiger partial charge in [0, 0.05) is 0 Å². The maximum atomic E-state index is 5.76. The van der Waals surface area contributed by atoms with Gasteiger partial charge in [-0.15, -0.1) is 14.6 Å². The van der Waals surface area contributed by atoms with Crippen LogP contribution in [0.3, 0.4) is 0 Å². The predicted molar refractivity (Wildman–Crippen MR) is 81.6 cm³/mol. The molecule has 2 heterocycles. The predicted octanol–water partition coefficient (Wildman–Crippen LogP) is 3.10. The standard InChI is InChI=1S/C16H11N5O2/c1-3-7-12(8-4-1)22-15-19-14-17-11-18-21(14)16(20-15)23-13-9-5-2-6-10-13/h1-11H. The number of aromatic nitrogens is 5. The van der Waals surface area contributed by atoms with Gasteiger partial charge in [0.1, 0.15) is 17.8 Å². The summed E-state index contributed by atoms with van der Waals surface area (Å²) in [5.74, 6) is 1.60. The van der Waals surface area contributed by atoms with E-state index in [1.165, 1.54) is 10.8 Å². The Morgan fingerprint density at radius 2 is 1.39 bits per heavy atom. The van der Waals surface area contributed by atoms with Crippen LogP contribution in [0.15, 0.2) is 67.0 Å². The Morgan fingerprint density at radius 3 is 2.09 bits per heavy atom. The van der Waals surface area contributed by atoms with E-state index >= 15 is 0 Å². The van der Waals surface area contributed by atoms with E-state index in [9.17, 15) is 0 Å². The molecule has 0 aliphatic heterocycles. The molecule has 7 nitrogen and oxygen atoms in total. The van der Waals surface area contributed by atoms with Gasteiger partial charge in [-0.3, -0.25) is 0 Å². The summed E-state index contributed by atoms with van der Waals surface area (Å²) in [6, 6.07) is 18.9. The fraction of sp³-hybridized carbons (Fsp3) is 0. The summed E-state index contributed by atoms with van der Waals surface area (Å²) in [6.07, 6.45) is 1.38. The molecule has 112 valence electrons. The first-order chi connectivity index (χ1) is 11.4. The third-order valence-corrected chi connectivity index (χ3v) is 3.00. The van der Waals surface area contributed by atoms with Gasteiger partial charge in [-0.2, -0.15) is 9.97 Å². The fourth-order valence-corrected chi connectivity index (χ4v) is 1.99. The second-order valence-corrected chi connectivity index (χ2v) is 4.59. The van der Waals surface area contributed by atoms with Crippen LogP contribution in [0, 0.1) is 0 Å². The van der Waals surface area contributed by atoms with Crippen LogP contribution in [0.5, 0.6) is 23.5 Å². The lowest BCUT2D eigenvalue weighted by atomic mass is 10.3. The molecular weight excluding hydrogens is 294 g/mol. The first-order valence-corrected chi connectivity index (χ1v) is 6.92. The molecule has 23 heavy (non-hydrogen) atoms. The zero-order valence-electron chi connectivity index (χ0n) is 11.9. The van der Waals surface area contributed by atoms with Crippen LogP contribution < -0.4 is 9.47 Å². The van der Waals surface area contributed by atoms with Crippen molar-refractivity contribution in [2.75, 3.05) is 0 Å². The Hall–Kier alpha value is -3.48. The Kier molecular flexibility index (Phi) is 3.28. The van der Waals surface area contributed by atoms with Crippen LogP contribution in [0.25, 0.3) is 5.78 Å². The normalized spacial score (nSPS) is 10.6. The van der Waals surface area contributed by atoms with Gasteiger partial charge in [-0.1, -0.05) is 36.4 Å². The zero-order valence-corrected chi connectivity index (χ0v) is 11.9. The quantitative estimate of drug-likeness (QED) is 0.577. The molecule has 0 aliphatic rings. The highest BCUT2D eigenvalue weighted by Crippen LogP contribution is 2.23. The number of hydrogen-bond acceptors (Lipinski definition) is 6. The molecule has 0 saturated heterocycles. The summed E-state index contributed by atoms with van der Waals surface area (Å²) in [4.78, 5) is 12.5. The zero-order chi connectivity index (χ0) is 15.5. The molecule has 0 N–H and O–H groups in total. The molecule has 0 aliphatic carbocycles. The molecule has 4 rings (SSSR count). The topological polar surface area (TPSA) is 74.4 Å². The van der Waals surface area contributed by atoms with E-state index in [-0.39, 0.29) is 12.0 Å². The first-order valence-electron chi connectivity index (χ1n) is 6.92. The average Bonchev–Trinajstić information content (AvgIpc) is 3.05. The maximum Gasteiger partial charge on any atom is 0.331 e. The van der Waals surface area contributed by atoms with Gasteiger partial charge in [-0.05, 0) is 24.3 Å². The van der Waals surface area contributed by atoms with Crippen LogP contribution in [0.4, 0.5) is 0 Å². The number of benzene rings is 2. The van der Waals surface area contributed by atoms with Crippen molar-refractivity contribution in [3.05, 3.63) is 67.0 Å². The average molecular weight is 305 g/mol. The number of para-hydroxylation sites is 2. The second kappa shape index (κ2) is 5.72. The van der Waals surface area contributed by atoms with Gasteiger partial charge < -0.3 is 9.47 Å². The van der Waals surface area contributed by atoms with Crippen LogP contribution in [-0.2, 0) is 0 Å². The molecule has 2 aromatic carbocycles. The van der Waals surface area contributed by atoms with Crippen LogP contribution >= 0.6 is 0 Å². The molecular formula is C16H11N5O2. The Morgan fingerprint density at radius 1 is 0.739 bits per heavy atom. The van der Waals surface area contributed by atoms with E-state index in [1.54, 1.807) is 0 Å². The summed E-state index contributed by atoms with van der Waals surface area (Å²) >= 11 is 0. The van der Waals surface area contributed by atoms with Crippen molar-refractivity contribution in [2.24, 2.45) is 0 Å². The molecule has 0 unspecified atom stereocenters. The van der Waals surface area contributed by atoms with Crippen molar-refractivity contribution in [2.45, 2.75) is 0 Å². The summed E-state index contributed by atoms with van der Waals surface area (Å²) in [5, 5.41) is 4.06. The first kappa shape index (κ1) is 13.2. The van der Waals surface area contributed by atoms with E-state index in [0.29, 0.717) is 17.3 Å². The second-order valence-electron chi connectivity index (χ2n) is 4.59. The van der Waals surface area contributed by atoms with Gasteiger partial charge in [0.25, 0.3) is 5.78 Å². The van der Waals surface area contributed by atoms with Crippen molar-refractivity contribution >= 4 is 5.78 Å². The summed E-state index contributed by atoms with van der Waals surface area (Å²) in [7, 11) is 0. The highest BCUT2D eigenvalue weighted by Gasteiger charge is 2.13. The molecule has 0 amide bonds. The Balaban J connectivity index is 1.72. The molecule has 2 aromatic heterocycles. The molecule has 0 bridgehead atoms. The van der Waals surface area contributed by atoms with Crippen molar-refractivity contribution in [3.8, 4) is 23.5 Å². The van der Waals surface area contributed by atoms with Crippen molar-refractivity contribution in [1.82, 2.24) is 24.6 Å². The van der Waals surface area contributed by atoms with E-state index in [1.807, 2.05) is 60.7 Å². The number of hydrogen-bond donors (Lipinski definition) is 0. The summed E-state index contributed by atoms with van der Waals surface area (Å²) in [5.41, 5.74) is 0. The largest absolute Gasteiger partial charge is 0.424 e. The fourth-order valence-electron chi connectivity index (χ4n) is 1.99. The number of ether oxygens (including phenoxy) is 2. The van der Waals surface area contributed by atoms with Crippen molar-refractivity contribution in [1.29, 1.82) is 0 Å². The van der Waals surface area contributed by atoms with E-state index in [2.05, 4.69) is 20.1 Å². The van der Waals surface area contributed by atoms with E-state index in [0.717, 1.165) is 0 Å². The smallest absolute Gasteiger partial charge is 0.331 e. The van der Waals surface area contributed by atoms with E-state index in [4.69, 9.17) is 9.47 Å². The minimum atomic E-state index is 0.141. The van der Waals surface area contributed by atoms with Crippen LogP contribution in [-0.4, -0.2) is 24.6 Å². The van der Waals surface area contributed by atoms with Gasteiger partial charge in [0.05, 0.1) is 0 Å². The summed E-state index contributed by atoms with van der Waals surface area (Å²) in [6.45, 7) is 0. The third-order valence-electron chi connectivity index (χ3n) is 3.00. The molecule has 0 atom stereocenters. The Labute approximate surface area is 131 Å². The van der Waals surface area contributed by atoms with Crippen LogP contribution in [0.1, 0.15) is 0 Å². The number of nitrogens with zero attached hydrogens (tertiary/aromatic N) is 5. The molecule has 4 aromatic rings. The maximum absolute atomic E-state index is 5.76. The minimum absolute atomic E-state index is 0.141. The Bertz CT molecular complexity index is 925. The molecule has 0 saturated carbocycles. The highest BCUT2D eigenvalue weighted by molar-refractivity contribution is 5.33. The number of rotatable bonds is 4. The number of fused-ring (bicyclic) bond motifs is 1. The molecule has 0 spiro atoms. The van der Waals surface area contributed by atoms with Gasteiger partial charge in [0.2, 0.25) is 0 Å². The van der Waals surface area contributed by atoms with Crippen molar-refractivity contribution in [3.63, 3.8) is 0 Å². The highest BCUT2D eigenvalue weighted by atomic mass is 16.5. The monoisotopic (exact) mass is 305 g/mol. The lowest BCUT2D eigenvalue weighted by Gasteiger charge is -2.08. The van der Waals surface area contributed by atoms with Crippen LogP contribution in [0.2, 0.25) is 0 Å². The lowest BCUT2D eigenvalue weighted by Crippen LogP contribution is -2.03. The molecule has 0 fully saturated rings. The van der Waals surface area contributed by atoms with Crippen molar-refractivity contribution < 1.29 is 9.47 Å². The third kappa shape index (κ3) is 2.80. The molecule has 0 radical (unpaired) electrons. The minimum Gasteiger partial charge on any atom is -0.424 e. The SMILES string of the molecule is c1ccc(Oc2nc(Oc3ccccc3)n3ncnc3n2)cc1.